The van der Waals surface area contributed by atoms with Gasteiger partial charge in [0.25, 0.3) is 0 Å². The van der Waals surface area contributed by atoms with E-state index in [9.17, 15) is 4.79 Å². The Morgan fingerprint density at radius 2 is 2.19 bits per heavy atom. The van der Waals surface area contributed by atoms with E-state index in [2.05, 4.69) is 6.58 Å². The van der Waals surface area contributed by atoms with E-state index in [1.165, 1.54) is 0 Å². The normalized spacial score (nSPS) is 15.1. The van der Waals surface area contributed by atoms with Gasteiger partial charge in [0.05, 0.1) is 18.9 Å². The van der Waals surface area contributed by atoms with Crippen molar-refractivity contribution in [2.75, 3.05) is 38.6 Å². The molecule has 0 saturated carbocycles. The van der Waals surface area contributed by atoms with Crippen molar-refractivity contribution >= 4 is 17.7 Å². The van der Waals surface area contributed by atoms with E-state index < -0.39 is 0 Å². The maximum atomic E-state index is 12.0. The molecule has 0 aromatic heterocycles. The molecule has 1 saturated heterocycles. The number of morpholine rings is 1. The summed E-state index contributed by atoms with van der Waals surface area (Å²) < 4.78 is 10.6. The molecule has 0 radical (unpaired) electrons. The second-order valence-corrected chi connectivity index (χ2v) is 4.67. The van der Waals surface area contributed by atoms with E-state index >= 15 is 0 Å². The van der Waals surface area contributed by atoms with Crippen molar-refractivity contribution in [2.24, 2.45) is 0 Å². The average molecular weight is 288 g/mol. The van der Waals surface area contributed by atoms with E-state index in [-0.39, 0.29) is 5.91 Å². The number of ether oxygens (including phenoxy) is 2. The minimum atomic E-state index is -0.0103. The van der Waals surface area contributed by atoms with Crippen LogP contribution in [0.25, 0.3) is 6.08 Å². The Morgan fingerprint density at radius 1 is 1.43 bits per heavy atom. The predicted molar refractivity (Wildman–Crippen MR) is 83.0 cm³/mol. The van der Waals surface area contributed by atoms with Crippen LogP contribution < -0.4 is 10.5 Å². The monoisotopic (exact) mass is 288 g/mol. The lowest BCUT2D eigenvalue weighted by Gasteiger charge is -2.25. The molecule has 0 aliphatic carbocycles. The van der Waals surface area contributed by atoms with Gasteiger partial charge in [-0.1, -0.05) is 18.7 Å². The van der Waals surface area contributed by atoms with E-state index in [0.29, 0.717) is 44.3 Å². The Kier molecular flexibility index (Phi) is 5.40. The number of rotatable bonds is 5. The van der Waals surface area contributed by atoms with Gasteiger partial charge < -0.3 is 20.1 Å². The quantitative estimate of drug-likeness (QED) is 0.509. The van der Waals surface area contributed by atoms with Crippen LogP contribution in [-0.4, -0.2) is 43.7 Å². The fourth-order valence-electron chi connectivity index (χ4n) is 2.01. The van der Waals surface area contributed by atoms with Gasteiger partial charge in [-0.2, -0.15) is 0 Å². The van der Waals surface area contributed by atoms with Crippen molar-refractivity contribution < 1.29 is 14.3 Å². The van der Waals surface area contributed by atoms with E-state index in [1.807, 2.05) is 6.07 Å². The molecule has 21 heavy (non-hydrogen) atoms. The maximum Gasteiger partial charge on any atom is 0.246 e. The van der Waals surface area contributed by atoms with E-state index in [1.54, 1.807) is 35.3 Å². The molecule has 2 N–H and O–H groups in total. The van der Waals surface area contributed by atoms with Crippen molar-refractivity contribution in [1.29, 1.82) is 0 Å². The highest BCUT2D eigenvalue weighted by atomic mass is 16.5. The number of carbonyl (C=O) groups excluding carboxylic acids is 1. The van der Waals surface area contributed by atoms with Crippen molar-refractivity contribution in [3.63, 3.8) is 0 Å². The molecule has 0 spiro atoms. The van der Waals surface area contributed by atoms with Gasteiger partial charge in [0.2, 0.25) is 5.91 Å². The third kappa shape index (κ3) is 4.36. The summed E-state index contributed by atoms with van der Waals surface area (Å²) in [6.45, 7) is 6.48. The predicted octanol–water partition coefficient (Wildman–Crippen LogP) is 1.71. The van der Waals surface area contributed by atoms with Crippen LogP contribution in [0.3, 0.4) is 0 Å². The standard InChI is InChI=1S/C16H20N2O3/c1-2-9-21-15-5-3-13(12-14(15)17)4-6-16(19)18-7-10-20-11-8-18/h2-6,12H,1,7-11,17H2/b6-4-. The van der Waals surface area contributed by atoms with Gasteiger partial charge in [-0.05, 0) is 23.8 Å². The van der Waals surface area contributed by atoms with Crippen LogP contribution in [-0.2, 0) is 9.53 Å². The Morgan fingerprint density at radius 3 is 2.86 bits per heavy atom. The number of benzene rings is 1. The van der Waals surface area contributed by atoms with Crippen molar-refractivity contribution in [2.45, 2.75) is 0 Å². The van der Waals surface area contributed by atoms with Crippen LogP contribution in [0, 0.1) is 0 Å². The molecule has 1 aromatic carbocycles. The number of carbonyl (C=O) groups is 1. The van der Waals surface area contributed by atoms with Gasteiger partial charge in [-0.15, -0.1) is 0 Å². The van der Waals surface area contributed by atoms with Gasteiger partial charge in [-0.25, -0.2) is 0 Å². The largest absolute Gasteiger partial charge is 0.487 e. The first-order valence-electron chi connectivity index (χ1n) is 6.88. The molecule has 112 valence electrons. The van der Waals surface area contributed by atoms with Gasteiger partial charge in [0, 0.05) is 19.2 Å². The number of anilines is 1. The van der Waals surface area contributed by atoms with Crippen LogP contribution in [0.2, 0.25) is 0 Å². The molecule has 1 amide bonds. The molecule has 1 aliphatic rings. The lowest BCUT2D eigenvalue weighted by Crippen LogP contribution is -2.39. The SMILES string of the molecule is C=CCOc1ccc(/C=C\C(=O)N2CCOCC2)cc1N. The zero-order valence-electron chi connectivity index (χ0n) is 12.0. The van der Waals surface area contributed by atoms with Crippen LogP contribution in [0.15, 0.2) is 36.9 Å². The second kappa shape index (κ2) is 7.50. The molecule has 5 nitrogen and oxygen atoms in total. The van der Waals surface area contributed by atoms with E-state index in [0.717, 1.165) is 5.56 Å². The van der Waals surface area contributed by atoms with Gasteiger partial charge in [-0.3, -0.25) is 4.79 Å². The topological polar surface area (TPSA) is 64.8 Å². The summed E-state index contributed by atoms with van der Waals surface area (Å²) in [7, 11) is 0. The van der Waals surface area contributed by atoms with Crippen LogP contribution >= 0.6 is 0 Å². The molecular weight excluding hydrogens is 268 g/mol. The Bertz CT molecular complexity index is 534. The third-order valence-electron chi connectivity index (χ3n) is 3.13. The molecule has 1 heterocycles. The number of nitrogen functional groups attached to an aromatic ring is 1. The second-order valence-electron chi connectivity index (χ2n) is 4.67. The number of hydrogen-bond donors (Lipinski definition) is 1. The zero-order chi connectivity index (χ0) is 15.1. The third-order valence-corrected chi connectivity index (χ3v) is 3.13. The van der Waals surface area contributed by atoms with Crippen LogP contribution in [0.1, 0.15) is 5.56 Å². The smallest absolute Gasteiger partial charge is 0.246 e. The number of nitrogens with zero attached hydrogens (tertiary/aromatic N) is 1. The molecule has 5 heteroatoms. The fourth-order valence-corrected chi connectivity index (χ4v) is 2.01. The maximum absolute atomic E-state index is 12.0. The van der Waals surface area contributed by atoms with Crippen LogP contribution in [0.5, 0.6) is 5.75 Å². The first-order chi connectivity index (χ1) is 10.2. The molecule has 0 unspecified atom stereocenters. The van der Waals surface area contributed by atoms with Gasteiger partial charge in [0.15, 0.2) is 0 Å². The van der Waals surface area contributed by atoms with Crippen molar-refractivity contribution in [1.82, 2.24) is 4.90 Å². The highest BCUT2D eigenvalue weighted by molar-refractivity contribution is 5.92. The fraction of sp³-hybridized carbons (Fsp3) is 0.312. The molecule has 0 bridgehead atoms. The van der Waals surface area contributed by atoms with E-state index in [4.69, 9.17) is 15.2 Å². The minimum absolute atomic E-state index is 0.0103. The number of nitrogens with two attached hydrogens (primary N) is 1. The molecule has 1 fully saturated rings. The summed E-state index contributed by atoms with van der Waals surface area (Å²) >= 11 is 0. The zero-order valence-corrected chi connectivity index (χ0v) is 12.0. The summed E-state index contributed by atoms with van der Waals surface area (Å²) in [5.74, 6) is 0.607. The first kappa shape index (κ1) is 15.1. The molecule has 0 atom stereocenters. The molecular formula is C16H20N2O3. The first-order valence-corrected chi connectivity index (χ1v) is 6.88. The number of amides is 1. The average Bonchev–Trinajstić information content (AvgIpc) is 2.52. The lowest BCUT2D eigenvalue weighted by molar-refractivity contribution is -0.129. The van der Waals surface area contributed by atoms with Gasteiger partial charge in [0.1, 0.15) is 12.4 Å². The van der Waals surface area contributed by atoms with Crippen LogP contribution in [0.4, 0.5) is 5.69 Å². The lowest BCUT2D eigenvalue weighted by atomic mass is 10.1. The van der Waals surface area contributed by atoms with Gasteiger partial charge >= 0.3 is 0 Å². The molecule has 1 aromatic rings. The highest BCUT2D eigenvalue weighted by Crippen LogP contribution is 2.23. The summed E-state index contributed by atoms with van der Waals surface area (Å²) in [5.41, 5.74) is 7.31. The summed E-state index contributed by atoms with van der Waals surface area (Å²) in [5, 5.41) is 0. The Labute approximate surface area is 124 Å². The summed E-state index contributed by atoms with van der Waals surface area (Å²) in [6, 6.07) is 5.43. The van der Waals surface area contributed by atoms with Crippen molar-refractivity contribution in [3.8, 4) is 5.75 Å². The molecule has 1 aliphatic heterocycles. The summed E-state index contributed by atoms with van der Waals surface area (Å²) in [6.07, 6.45) is 4.98. The Hall–Kier alpha value is -2.27. The van der Waals surface area contributed by atoms with Crippen molar-refractivity contribution in [3.05, 3.63) is 42.5 Å². The highest BCUT2D eigenvalue weighted by Gasteiger charge is 2.13. The molecule has 2 rings (SSSR count). The minimum Gasteiger partial charge on any atom is -0.487 e. The Balaban J connectivity index is 1.98. The summed E-state index contributed by atoms with van der Waals surface area (Å²) in [4.78, 5) is 13.7. The number of hydrogen-bond acceptors (Lipinski definition) is 4.